The van der Waals surface area contributed by atoms with Crippen LogP contribution in [0.3, 0.4) is 0 Å². The zero-order valence-corrected chi connectivity index (χ0v) is 26.4. The summed E-state index contributed by atoms with van der Waals surface area (Å²) < 4.78 is 14.3. The van der Waals surface area contributed by atoms with Gasteiger partial charge in [0.25, 0.3) is 5.91 Å². The zero-order chi connectivity index (χ0) is 32.5. The van der Waals surface area contributed by atoms with E-state index in [1.165, 1.54) is 6.07 Å². The fourth-order valence-electron chi connectivity index (χ4n) is 7.01. The van der Waals surface area contributed by atoms with Crippen molar-refractivity contribution in [2.24, 2.45) is 5.92 Å². The Morgan fingerprint density at radius 2 is 1.76 bits per heavy atom. The summed E-state index contributed by atoms with van der Waals surface area (Å²) >= 11 is 0. The van der Waals surface area contributed by atoms with Crippen LogP contribution in [-0.2, 0) is 11.5 Å². The van der Waals surface area contributed by atoms with Crippen molar-refractivity contribution < 1.29 is 24.2 Å². The van der Waals surface area contributed by atoms with Gasteiger partial charge in [-0.25, -0.2) is 19.9 Å². The Morgan fingerprint density at radius 1 is 1.02 bits per heavy atom. The highest BCUT2D eigenvalue weighted by atomic mass is 19.1. The fraction of sp³-hybridized carbons (Fsp3) is 0.389. The Morgan fingerprint density at radius 3 is 2.43 bits per heavy atom. The number of anilines is 1. The Hall–Kier alpha value is -4.25. The fourth-order valence-corrected chi connectivity index (χ4v) is 7.01. The number of nitrogens with one attached hydrogen (secondary N) is 2. The van der Waals surface area contributed by atoms with Gasteiger partial charge in [-0.1, -0.05) is 48.5 Å². The number of urea groups is 1. The van der Waals surface area contributed by atoms with Gasteiger partial charge in [0.2, 0.25) is 0 Å². The molecule has 3 aromatic carbocycles. The molecule has 0 radical (unpaired) electrons. The van der Waals surface area contributed by atoms with E-state index in [9.17, 15) is 14.0 Å². The molecule has 1 aliphatic carbocycles. The molecule has 1 saturated carbocycles. The molecular formula is C36H44FN5O4. The molecule has 3 amide bonds. The van der Waals surface area contributed by atoms with E-state index in [0.29, 0.717) is 24.3 Å². The molecule has 5 rings (SSSR count). The molecule has 0 bridgehead atoms. The van der Waals surface area contributed by atoms with Crippen molar-refractivity contribution in [3.05, 3.63) is 114 Å². The number of piperidine rings is 1. The number of carbonyl (C=O) groups is 2. The Balaban J connectivity index is 1.19. The van der Waals surface area contributed by atoms with Gasteiger partial charge >= 0.3 is 6.03 Å². The SMILES string of the molecule is C=CCN(C(=O)NCc1ccc(NOO)cc1)C1CCN(C[C@H]2CC(N(C)C(=O)c3ccccc3)C[C@@H]2c2cccc(F)c2)CC1. The van der Waals surface area contributed by atoms with Gasteiger partial charge in [0.15, 0.2) is 0 Å². The molecule has 1 unspecified atom stereocenters. The molecule has 244 valence electrons. The molecule has 1 saturated heterocycles. The molecule has 0 aromatic heterocycles. The van der Waals surface area contributed by atoms with Crippen LogP contribution >= 0.6 is 0 Å². The van der Waals surface area contributed by atoms with E-state index >= 15 is 0 Å². The van der Waals surface area contributed by atoms with Crippen LogP contribution in [0.5, 0.6) is 0 Å². The van der Waals surface area contributed by atoms with E-state index in [4.69, 9.17) is 5.26 Å². The highest BCUT2D eigenvalue weighted by Crippen LogP contribution is 2.43. The molecule has 2 aliphatic rings. The molecule has 9 nitrogen and oxygen atoms in total. The summed E-state index contributed by atoms with van der Waals surface area (Å²) in [5.41, 5.74) is 5.53. The highest BCUT2D eigenvalue weighted by molar-refractivity contribution is 5.94. The monoisotopic (exact) mass is 629 g/mol. The van der Waals surface area contributed by atoms with Gasteiger partial charge in [-0.05, 0) is 85.0 Å². The summed E-state index contributed by atoms with van der Waals surface area (Å²) in [5, 5.41) is 11.6. The van der Waals surface area contributed by atoms with E-state index in [1.54, 1.807) is 30.3 Å². The van der Waals surface area contributed by atoms with Crippen LogP contribution in [-0.4, -0.2) is 77.2 Å². The molecular weight excluding hydrogens is 585 g/mol. The van der Waals surface area contributed by atoms with Gasteiger partial charge < -0.3 is 20.0 Å². The predicted octanol–water partition coefficient (Wildman–Crippen LogP) is 6.14. The number of benzene rings is 3. The second-order valence-electron chi connectivity index (χ2n) is 12.4. The second-order valence-corrected chi connectivity index (χ2v) is 12.4. The van der Waals surface area contributed by atoms with Crippen molar-refractivity contribution >= 4 is 17.6 Å². The van der Waals surface area contributed by atoms with Crippen LogP contribution in [0.25, 0.3) is 0 Å². The van der Waals surface area contributed by atoms with Gasteiger partial charge in [-0.15, -0.1) is 11.6 Å². The summed E-state index contributed by atoms with van der Waals surface area (Å²) in [7, 11) is 1.88. The normalized spacial score (nSPS) is 20.2. The van der Waals surface area contributed by atoms with Crippen LogP contribution < -0.4 is 10.8 Å². The lowest BCUT2D eigenvalue weighted by molar-refractivity contribution is -0.215. The van der Waals surface area contributed by atoms with E-state index in [0.717, 1.165) is 56.4 Å². The first-order valence-electron chi connectivity index (χ1n) is 16.0. The third-order valence-electron chi connectivity index (χ3n) is 9.47. The molecule has 2 fully saturated rings. The number of hydrogen-bond donors (Lipinski definition) is 3. The number of amides is 3. The number of carbonyl (C=O) groups excluding carboxylic acids is 2. The molecule has 46 heavy (non-hydrogen) atoms. The summed E-state index contributed by atoms with van der Waals surface area (Å²) in [6.45, 7) is 7.27. The molecule has 3 N–H and O–H groups in total. The highest BCUT2D eigenvalue weighted by Gasteiger charge is 2.40. The summed E-state index contributed by atoms with van der Waals surface area (Å²) in [4.78, 5) is 36.7. The molecule has 1 aliphatic heterocycles. The number of halogens is 1. The number of likely N-dealkylation sites (tertiary alicyclic amines) is 1. The van der Waals surface area contributed by atoms with Gasteiger partial charge in [-0.3, -0.25) is 4.79 Å². The van der Waals surface area contributed by atoms with Crippen LogP contribution in [0, 0.1) is 11.7 Å². The van der Waals surface area contributed by atoms with Crippen LogP contribution in [0.2, 0.25) is 0 Å². The molecule has 1 heterocycles. The minimum atomic E-state index is -0.236. The third kappa shape index (κ3) is 8.31. The van der Waals surface area contributed by atoms with Crippen molar-refractivity contribution in [2.45, 2.75) is 50.2 Å². The smallest absolute Gasteiger partial charge is 0.318 e. The second kappa shape index (κ2) is 15.8. The minimum absolute atomic E-state index is 0.0102. The average Bonchev–Trinajstić information content (AvgIpc) is 3.50. The topological polar surface area (TPSA) is 97.4 Å². The van der Waals surface area contributed by atoms with Gasteiger partial charge in [0.1, 0.15) is 5.82 Å². The first-order valence-corrected chi connectivity index (χ1v) is 16.0. The standard InChI is InChI=1S/C36H44FN5O4/c1-3-18-42(36(44)38-24-26-12-14-31(15-13-26)39-46-45)32-16-19-41(20-17-32)25-29-22-33(23-34(29)28-10-7-11-30(37)21-28)40(2)35(43)27-8-5-4-6-9-27/h3-15,21,29,32-34,39,45H,1,16-20,22-25H2,2H3,(H,38,44)/t29-,33?,34-/m1/s1. The lowest BCUT2D eigenvalue weighted by atomic mass is 9.88. The zero-order valence-electron chi connectivity index (χ0n) is 26.4. The number of hydrogen-bond acceptors (Lipinski definition) is 6. The Labute approximate surface area is 270 Å². The minimum Gasteiger partial charge on any atom is -0.339 e. The molecule has 10 heteroatoms. The first kappa shape index (κ1) is 33.1. The maximum atomic E-state index is 14.3. The predicted molar refractivity (Wildman–Crippen MR) is 177 cm³/mol. The van der Waals surface area contributed by atoms with Gasteiger partial charge in [0.05, 0.1) is 5.69 Å². The van der Waals surface area contributed by atoms with Crippen molar-refractivity contribution in [3.8, 4) is 0 Å². The van der Waals surface area contributed by atoms with Crippen molar-refractivity contribution in [2.75, 3.05) is 38.7 Å². The van der Waals surface area contributed by atoms with E-state index < -0.39 is 0 Å². The number of nitrogens with zero attached hydrogens (tertiary/aromatic N) is 3. The summed E-state index contributed by atoms with van der Waals surface area (Å²) in [6, 6.07) is 23.5. The Bertz CT molecular complexity index is 1450. The molecule has 3 atom stereocenters. The van der Waals surface area contributed by atoms with Crippen molar-refractivity contribution in [3.63, 3.8) is 0 Å². The van der Waals surface area contributed by atoms with E-state index in [2.05, 4.69) is 27.3 Å². The van der Waals surface area contributed by atoms with Gasteiger partial charge in [0, 0.05) is 57.4 Å². The van der Waals surface area contributed by atoms with Gasteiger partial charge in [-0.2, -0.15) is 0 Å². The van der Waals surface area contributed by atoms with Crippen LogP contribution in [0.1, 0.15) is 53.1 Å². The van der Waals surface area contributed by atoms with Crippen molar-refractivity contribution in [1.82, 2.24) is 20.0 Å². The maximum absolute atomic E-state index is 14.3. The Kier molecular flexibility index (Phi) is 11.4. The van der Waals surface area contributed by atoms with E-state index in [1.807, 2.05) is 65.4 Å². The molecule has 3 aromatic rings. The summed E-state index contributed by atoms with van der Waals surface area (Å²) in [6.07, 6.45) is 5.09. The largest absolute Gasteiger partial charge is 0.339 e. The van der Waals surface area contributed by atoms with Crippen LogP contribution in [0.4, 0.5) is 14.9 Å². The van der Waals surface area contributed by atoms with Crippen LogP contribution in [0.15, 0.2) is 91.5 Å². The van der Waals surface area contributed by atoms with Crippen molar-refractivity contribution in [1.29, 1.82) is 0 Å². The first-order chi connectivity index (χ1) is 22.4. The quantitative estimate of drug-likeness (QED) is 0.127. The summed E-state index contributed by atoms with van der Waals surface area (Å²) in [5.74, 6) is 0.192. The van der Waals surface area contributed by atoms with E-state index in [-0.39, 0.29) is 41.7 Å². The lowest BCUT2D eigenvalue weighted by Gasteiger charge is -2.39. The molecule has 0 spiro atoms. The maximum Gasteiger partial charge on any atom is 0.318 e. The number of rotatable bonds is 12. The third-order valence-corrected chi connectivity index (χ3v) is 9.47. The lowest BCUT2D eigenvalue weighted by Crippen LogP contribution is -2.51. The average molecular weight is 630 g/mol.